The first kappa shape index (κ1) is 21.1. The molecule has 0 saturated carbocycles. The van der Waals surface area contributed by atoms with Gasteiger partial charge in [0, 0.05) is 17.7 Å². The Kier molecular flexibility index (Phi) is 7.53. The van der Waals surface area contributed by atoms with E-state index in [4.69, 9.17) is 23.8 Å². The van der Waals surface area contributed by atoms with E-state index in [1.165, 1.54) is 34.2 Å². The molecule has 0 unspecified atom stereocenters. The first-order valence-corrected chi connectivity index (χ1v) is 9.48. The second-order valence-electron chi connectivity index (χ2n) is 6.48. The van der Waals surface area contributed by atoms with Gasteiger partial charge in [0.05, 0.1) is 36.3 Å². The number of hydrogen-bond acceptors (Lipinski definition) is 3. The van der Waals surface area contributed by atoms with Crippen molar-refractivity contribution in [3.63, 3.8) is 0 Å². The predicted octanol–water partition coefficient (Wildman–Crippen LogP) is 2.98. The van der Waals surface area contributed by atoms with Gasteiger partial charge in [0.2, 0.25) is 0 Å². The Morgan fingerprint density at radius 2 is 1.93 bits per heavy atom. The van der Waals surface area contributed by atoms with Crippen LogP contribution in [-0.2, 0) is 6.42 Å². The molecule has 0 saturated heterocycles. The summed E-state index contributed by atoms with van der Waals surface area (Å²) in [4.78, 5) is 11.7. The number of thiocarbonyl (C=S) groups is 1. The Morgan fingerprint density at radius 1 is 1.26 bits per heavy atom. The number of hydrogen-bond donors (Lipinski definition) is 3. The van der Waals surface area contributed by atoms with Crippen LogP contribution in [0.5, 0.6) is 0 Å². The highest BCUT2D eigenvalue weighted by Gasteiger charge is 2.18. The second kappa shape index (κ2) is 9.64. The summed E-state index contributed by atoms with van der Waals surface area (Å²) < 4.78 is 0. The zero-order chi connectivity index (χ0) is 20.0. The maximum atomic E-state index is 10.9. The lowest BCUT2D eigenvalue weighted by Gasteiger charge is -2.23. The minimum Gasteiger partial charge on any atom is -0.356 e. The van der Waals surface area contributed by atoms with Crippen molar-refractivity contribution in [3.05, 3.63) is 68.7 Å². The maximum Gasteiger partial charge on any atom is 0.271 e. The summed E-state index contributed by atoms with van der Waals surface area (Å²) in [6, 6.07) is 13.0. The van der Waals surface area contributed by atoms with Crippen LogP contribution >= 0.6 is 23.8 Å². The fourth-order valence-corrected chi connectivity index (χ4v) is 3.08. The number of benzene rings is 2. The van der Waals surface area contributed by atoms with Gasteiger partial charge >= 0.3 is 0 Å². The van der Waals surface area contributed by atoms with Crippen molar-refractivity contribution in [2.75, 3.05) is 26.0 Å². The van der Waals surface area contributed by atoms with E-state index in [0.29, 0.717) is 22.4 Å². The summed E-state index contributed by atoms with van der Waals surface area (Å²) in [5.74, 6) is 0. The van der Waals surface area contributed by atoms with Gasteiger partial charge in [-0.3, -0.25) is 10.1 Å². The third-order valence-corrected chi connectivity index (χ3v) is 4.94. The van der Waals surface area contributed by atoms with Crippen molar-refractivity contribution in [3.8, 4) is 0 Å². The van der Waals surface area contributed by atoms with E-state index in [2.05, 4.69) is 55.9 Å². The van der Waals surface area contributed by atoms with Crippen LogP contribution in [0.1, 0.15) is 24.1 Å². The standard InChI is InChI=1S/C19H23ClN4O2S/c1-4-13-5-7-14(8-6-13)18(23(2)3)12-21-19(27)22-17-11-15(24(25)26)9-10-16(17)20/h5-11,18H,4,12H2,1-3H3,(H2,21,22,27)/p+1/t18-/m1/s1. The van der Waals surface area contributed by atoms with Gasteiger partial charge in [-0.1, -0.05) is 42.8 Å². The molecule has 0 spiro atoms. The Hall–Kier alpha value is -2.22. The number of quaternary nitrogens is 1. The van der Waals surface area contributed by atoms with Crippen LogP contribution in [0.4, 0.5) is 11.4 Å². The molecule has 0 bridgehead atoms. The summed E-state index contributed by atoms with van der Waals surface area (Å²) >= 11 is 11.4. The number of aryl methyl sites for hydroxylation is 1. The molecule has 1 atom stereocenters. The highest BCUT2D eigenvalue weighted by Crippen LogP contribution is 2.26. The zero-order valence-corrected chi connectivity index (χ0v) is 17.2. The molecule has 144 valence electrons. The van der Waals surface area contributed by atoms with E-state index >= 15 is 0 Å². The van der Waals surface area contributed by atoms with Crippen molar-refractivity contribution in [2.45, 2.75) is 19.4 Å². The van der Waals surface area contributed by atoms with Gasteiger partial charge < -0.3 is 15.5 Å². The van der Waals surface area contributed by atoms with Crippen LogP contribution in [0.2, 0.25) is 5.02 Å². The van der Waals surface area contributed by atoms with Crippen LogP contribution in [0.3, 0.4) is 0 Å². The summed E-state index contributed by atoms with van der Waals surface area (Å²) in [5, 5.41) is 17.8. The quantitative estimate of drug-likeness (QED) is 0.374. The average Bonchev–Trinajstić information content (AvgIpc) is 2.63. The van der Waals surface area contributed by atoms with E-state index in [9.17, 15) is 10.1 Å². The predicted molar refractivity (Wildman–Crippen MR) is 114 cm³/mol. The summed E-state index contributed by atoms with van der Waals surface area (Å²) in [6.45, 7) is 2.75. The molecule has 0 heterocycles. The lowest BCUT2D eigenvalue weighted by molar-refractivity contribution is -0.890. The Bertz CT molecular complexity index is 812. The normalized spacial score (nSPS) is 11.9. The third-order valence-electron chi connectivity index (χ3n) is 4.36. The summed E-state index contributed by atoms with van der Waals surface area (Å²) in [5.41, 5.74) is 2.88. The van der Waals surface area contributed by atoms with Gasteiger partial charge in [-0.2, -0.15) is 0 Å². The summed E-state index contributed by atoms with van der Waals surface area (Å²) in [6.07, 6.45) is 1.01. The number of nitrogens with one attached hydrogen (secondary N) is 3. The molecule has 0 aromatic heterocycles. The first-order valence-electron chi connectivity index (χ1n) is 8.69. The van der Waals surface area contributed by atoms with E-state index in [1.807, 2.05) is 0 Å². The van der Waals surface area contributed by atoms with Crippen LogP contribution in [0.15, 0.2) is 42.5 Å². The van der Waals surface area contributed by atoms with Gasteiger partial charge in [-0.15, -0.1) is 0 Å². The van der Waals surface area contributed by atoms with Crippen molar-refractivity contribution in [2.24, 2.45) is 0 Å². The van der Waals surface area contributed by atoms with Gasteiger partial charge in [0.25, 0.3) is 5.69 Å². The smallest absolute Gasteiger partial charge is 0.271 e. The van der Waals surface area contributed by atoms with Crippen LogP contribution in [0.25, 0.3) is 0 Å². The molecule has 2 aromatic rings. The van der Waals surface area contributed by atoms with Crippen molar-refractivity contribution >= 4 is 40.3 Å². The number of anilines is 1. The second-order valence-corrected chi connectivity index (χ2v) is 7.30. The topological polar surface area (TPSA) is 71.6 Å². The molecule has 0 aliphatic rings. The van der Waals surface area contributed by atoms with Crippen LogP contribution in [0, 0.1) is 10.1 Å². The Morgan fingerprint density at radius 3 is 2.48 bits per heavy atom. The average molecular weight is 408 g/mol. The van der Waals surface area contributed by atoms with E-state index in [1.54, 1.807) is 0 Å². The molecule has 6 nitrogen and oxygen atoms in total. The van der Waals surface area contributed by atoms with Gasteiger partial charge in [-0.05, 0) is 30.3 Å². The molecule has 0 aliphatic heterocycles. The third kappa shape index (κ3) is 5.89. The van der Waals surface area contributed by atoms with Gasteiger partial charge in [-0.25, -0.2) is 0 Å². The fourth-order valence-electron chi connectivity index (χ4n) is 2.72. The van der Waals surface area contributed by atoms with E-state index < -0.39 is 4.92 Å². The molecular weight excluding hydrogens is 384 g/mol. The van der Waals surface area contributed by atoms with Crippen molar-refractivity contribution < 1.29 is 9.82 Å². The van der Waals surface area contributed by atoms with E-state index in [0.717, 1.165) is 6.42 Å². The minimum atomic E-state index is -0.469. The maximum absolute atomic E-state index is 10.9. The molecule has 27 heavy (non-hydrogen) atoms. The Balaban J connectivity index is 2.03. The lowest BCUT2D eigenvalue weighted by Crippen LogP contribution is -3.07. The van der Waals surface area contributed by atoms with Crippen molar-refractivity contribution in [1.29, 1.82) is 0 Å². The molecule has 2 aromatic carbocycles. The van der Waals surface area contributed by atoms with Gasteiger partial charge in [0.1, 0.15) is 6.04 Å². The molecule has 0 aliphatic carbocycles. The number of nitrogens with zero attached hydrogens (tertiary/aromatic N) is 1. The fraction of sp³-hybridized carbons (Fsp3) is 0.316. The monoisotopic (exact) mass is 407 g/mol. The first-order chi connectivity index (χ1) is 12.8. The highest BCUT2D eigenvalue weighted by molar-refractivity contribution is 7.80. The number of rotatable bonds is 7. The molecule has 0 fully saturated rings. The number of halogens is 1. The van der Waals surface area contributed by atoms with Crippen molar-refractivity contribution in [1.82, 2.24) is 5.32 Å². The lowest BCUT2D eigenvalue weighted by atomic mass is 10.0. The molecular formula is C19H24ClN4O2S+. The number of likely N-dealkylation sites (N-methyl/N-ethyl adjacent to an activating group) is 1. The molecule has 0 amide bonds. The molecule has 0 radical (unpaired) electrons. The molecule has 8 heteroatoms. The van der Waals surface area contributed by atoms with Gasteiger partial charge in [0.15, 0.2) is 5.11 Å². The number of non-ortho nitro benzene ring substituents is 1. The zero-order valence-electron chi connectivity index (χ0n) is 15.6. The SMILES string of the molecule is CCc1ccc([C@@H](CNC(=S)Nc2cc([N+](=O)[O-])ccc2Cl)[NH+](C)C)cc1. The summed E-state index contributed by atoms with van der Waals surface area (Å²) in [7, 11) is 4.18. The minimum absolute atomic E-state index is 0.0451. The number of nitro benzene ring substituents is 1. The highest BCUT2D eigenvalue weighted by atomic mass is 35.5. The largest absolute Gasteiger partial charge is 0.356 e. The Labute approximate surface area is 169 Å². The van der Waals surface area contributed by atoms with E-state index in [-0.39, 0.29) is 11.7 Å². The number of nitro groups is 1. The van der Waals surface area contributed by atoms with Crippen LogP contribution < -0.4 is 15.5 Å². The molecule has 3 N–H and O–H groups in total. The van der Waals surface area contributed by atoms with Crippen LogP contribution in [-0.4, -0.2) is 30.7 Å². The molecule has 2 rings (SSSR count).